The van der Waals surface area contributed by atoms with E-state index in [9.17, 15) is 10.2 Å². The largest absolute Gasteiger partial charge is 0.396 e. The number of aliphatic hydroxyl groups excluding tert-OH is 2. The van der Waals surface area contributed by atoms with Crippen LogP contribution in [0.3, 0.4) is 0 Å². The summed E-state index contributed by atoms with van der Waals surface area (Å²) < 4.78 is 30.1. The Morgan fingerprint density at radius 2 is 1.82 bits per heavy atom. The number of aromatic nitrogens is 9. The molecule has 0 radical (unpaired) electrons. The van der Waals surface area contributed by atoms with Crippen molar-refractivity contribution in [1.82, 2.24) is 43.4 Å². The van der Waals surface area contributed by atoms with Gasteiger partial charge in [0.1, 0.15) is 24.3 Å². The van der Waals surface area contributed by atoms with Crippen LogP contribution in [0.25, 0.3) is 28.0 Å². The summed E-state index contributed by atoms with van der Waals surface area (Å²) >= 11 is 12.0. The number of rotatable bonds is 12. The van der Waals surface area contributed by atoms with Gasteiger partial charge in [0.15, 0.2) is 33.8 Å². The Bertz CT molecular complexity index is 1930. The van der Waals surface area contributed by atoms with Crippen LogP contribution in [0.5, 0.6) is 0 Å². The van der Waals surface area contributed by atoms with Crippen LogP contribution < -0.4 is 0 Å². The van der Waals surface area contributed by atoms with Crippen LogP contribution in [0, 0.1) is 23.2 Å². The highest BCUT2D eigenvalue weighted by molar-refractivity contribution is 8.07. The molecule has 236 valence electrons. The average molecular weight is 675 g/mol. The van der Waals surface area contributed by atoms with Gasteiger partial charge < -0.3 is 33.1 Å². The second-order valence-corrected chi connectivity index (χ2v) is 14.1. The number of hydrogen-bond acceptors (Lipinski definition) is 14. The van der Waals surface area contributed by atoms with Gasteiger partial charge in [-0.1, -0.05) is 11.6 Å². The van der Waals surface area contributed by atoms with E-state index < -0.39 is 25.2 Å². The van der Waals surface area contributed by atoms with Gasteiger partial charge in [-0.15, -0.1) is 0 Å². The second kappa shape index (κ2) is 12.6. The normalized spacial score (nSPS) is 26.4. The number of halogens is 1. The third kappa shape index (κ3) is 5.60. The molecule has 19 heteroatoms. The fraction of sp³-hybridized carbons (Fsp3) is 0.500. The maximum Gasteiger partial charge on any atom is 0.327 e. The van der Waals surface area contributed by atoms with Gasteiger partial charge in [-0.3, -0.25) is 8.97 Å². The Morgan fingerprint density at radius 3 is 2.64 bits per heavy atom. The van der Waals surface area contributed by atoms with E-state index in [4.69, 9.17) is 47.0 Å². The van der Waals surface area contributed by atoms with Crippen molar-refractivity contribution in [1.29, 1.82) is 5.26 Å². The number of fused-ring (bicyclic) bond motifs is 4. The molecule has 1 saturated heterocycles. The Kier molecular flexibility index (Phi) is 8.50. The molecule has 5 aromatic rings. The Labute approximate surface area is 265 Å². The highest BCUT2D eigenvalue weighted by Gasteiger charge is 2.45. The van der Waals surface area contributed by atoms with Gasteiger partial charge in [0.2, 0.25) is 0 Å². The molecule has 0 amide bonds. The third-order valence-corrected chi connectivity index (χ3v) is 10.9. The van der Waals surface area contributed by atoms with Crippen LogP contribution in [-0.4, -0.2) is 92.3 Å². The second-order valence-electron chi connectivity index (χ2n) is 10.8. The third-order valence-electron chi connectivity index (χ3n) is 8.28. The smallest absolute Gasteiger partial charge is 0.327 e. The number of hydrogen-bond donors (Lipinski definition) is 2. The van der Waals surface area contributed by atoms with Crippen LogP contribution in [0.2, 0.25) is 5.15 Å². The van der Waals surface area contributed by atoms with E-state index in [2.05, 4.69) is 29.9 Å². The van der Waals surface area contributed by atoms with Gasteiger partial charge in [-0.2, -0.15) is 5.26 Å². The zero-order valence-electron chi connectivity index (χ0n) is 23.6. The highest BCUT2D eigenvalue weighted by Crippen LogP contribution is 2.56. The summed E-state index contributed by atoms with van der Waals surface area (Å²) in [6, 6.07) is 1.96. The van der Waals surface area contributed by atoms with Crippen molar-refractivity contribution in [3.8, 4) is 6.07 Å². The molecular formula is C26H28ClN10O6PS. The molecule has 1 aliphatic heterocycles. The fourth-order valence-electron chi connectivity index (χ4n) is 5.99. The number of nitrogens with zero attached hydrogens (tertiary/aromatic N) is 10. The summed E-state index contributed by atoms with van der Waals surface area (Å²) in [5.41, 5.74) is 2.82. The van der Waals surface area contributed by atoms with E-state index in [1.165, 1.54) is 6.33 Å². The monoisotopic (exact) mass is 674 g/mol. The van der Waals surface area contributed by atoms with Crippen molar-refractivity contribution in [2.24, 2.45) is 11.8 Å². The van der Waals surface area contributed by atoms with Gasteiger partial charge in [0.25, 0.3) is 0 Å². The standard InChI is InChI=1S/C26H28ClN10O6PS/c27-22-20-24(31-11-30-22)36(13-32-20)18-6-15(17(18)9-39)10-41-44(45,40-5-1-2-28)43-19-7-16(8-38)42-26(19)37-14-33-21-23-29-3-4-35(23)12-34-25(21)37/h3-4,11-19,26,38-39H,1,5-10H2/t15-,16+,17-,18-,19-,26-,44?/m1/s1. The van der Waals surface area contributed by atoms with Crippen molar-refractivity contribution in [3.63, 3.8) is 0 Å². The predicted octanol–water partition coefficient (Wildman–Crippen LogP) is 2.58. The Morgan fingerprint density at radius 1 is 1.00 bits per heavy atom. The number of ether oxygens (including phenoxy) is 1. The summed E-state index contributed by atoms with van der Waals surface area (Å²) in [7, 11) is 0. The van der Waals surface area contributed by atoms with Crippen molar-refractivity contribution in [3.05, 3.63) is 42.9 Å². The van der Waals surface area contributed by atoms with E-state index >= 15 is 0 Å². The molecule has 1 saturated carbocycles. The summed E-state index contributed by atoms with van der Waals surface area (Å²) in [6.07, 6.45) is 8.77. The van der Waals surface area contributed by atoms with Crippen molar-refractivity contribution >= 4 is 58.1 Å². The summed E-state index contributed by atoms with van der Waals surface area (Å²) in [6.45, 7) is -3.61. The minimum Gasteiger partial charge on any atom is -0.396 e. The number of aliphatic hydroxyl groups is 2. The van der Waals surface area contributed by atoms with Gasteiger partial charge in [-0.05, 0) is 24.1 Å². The summed E-state index contributed by atoms with van der Waals surface area (Å²) in [5.74, 6) is -0.247. The molecule has 45 heavy (non-hydrogen) atoms. The zero-order valence-corrected chi connectivity index (χ0v) is 26.1. The van der Waals surface area contributed by atoms with Crippen molar-refractivity contribution in [2.75, 3.05) is 26.4 Å². The fourth-order valence-corrected chi connectivity index (χ4v) is 8.31. The molecule has 16 nitrogen and oxygen atoms in total. The SMILES string of the molecule is N#CCCOP(=S)(OC[C@H]1C[C@@H](n2cnc3c(Cl)ncnc32)[C@@H]1CO)O[C@@H]1C[C@@H](CO)O[C@H]1n1cnc2c1ncn1ccnc21. The van der Waals surface area contributed by atoms with Crippen molar-refractivity contribution in [2.45, 2.75) is 43.7 Å². The molecule has 7 atom stereocenters. The highest BCUT2D eigenvalue weighted by atomic mass is 35.5. The van der Waals surface area contributed by atoms with Crippen LogP contribution >= 0.6 is 18.3 Å². The lowest BCUT2D eigenvalue weighted by molar-refractivity contribution is -0.0502. The molecule has 5 aromatic heterocycles. The molecule has 0 bridgehead atoms. The summed E-state index contributed by atoms with van der Waals surface area (Å²) in [5, 5.41) is 29.6. The van der Waals surface area contributed by atoms with Crippen molar-refractivity contribution < 1.29 is 28.5 Å². The summed E-state index contributed by atoms with van der Waals surface area (Å²) in [4.78, 5) is 26.1. The molecule has 7 rings (SSSR count). The lowest BCUT2D eigenvalue weighted by Gasteiger charge is -2.44. The maximum atomic E-state index is 10.3. The van der Waals surface area contributed by atoms with Gasteiger partial charge in [0.05, 0.1) is 51.1 Å². The minimum atomic E-state index is -3.45. The first-order chi connectivity index (χ1) is 21.9. The minimum absolute atomic E-state index is 0.0150. The molecule has 2 N–H and O–H groups in total. The number of nitriles is 1. The van der Waals surface area contributed by atoms with Crippen LogP contribution in [0.4, 0.5) is 0 Å². The van der Waals surface area contributed by atoms with Gasteiger partial charge in [0, 0.05) is 37.4 Å². The Balaban J connectivity index is 1.10. The van der Waals surface area contributed by atoms with Crippen LogP contribution in [-0.2, 0) is 30.1 Å². The first kappa shape index (κ1) is 30.5. The topological polar surface area (TPSA) is 193 Å². The molecule has 1 unspecified atom stereocenters. The average Bonchev–Trinajstić information content (AvgIpc) is 3.82. The lowest BCUT2D eigenvalue weighted by Crippen LogP contribution is -2.43. The molecular weight excluding hydrogens is 647 g/mol. The quantitative estimate of drug-likeness (QED) is 0.111. The molecule has 2 fully saturated rings. The zero-order chi connectivity index (χ0) is 31.1. The first-order valence-electron chi connectivity index (χ1n) is 14.2. The van der Waals surface area contributed by atoms with E-state index in [1.807, 2.05) is 10.6 Å². The molecule has 1 aliphatic carbocycles. The van der Waals surface area contributed by atoms with E-state index in [0.29, 0.717) is 40.8 Å². The molecule has 0 spiro atoms. The van der Waals surface area contributed by atoms with Crippen LogP contribution in [0.1, 0.15) is 31.5 Å². The van der Waals surface area contributed by atoms with E-state index in [1.54, 1.807) is 40.3 Å². The van der Waals surface area contributed by atoms with Gasteiger partial charge >= 0.3 is 6.72 Å². The number of imidazole rings is 3. The maximum absolute atomic E-state index is 10.3. The van der Waals surface area contributed by atoms with E-state index in [-0.39, 0.29) is 55.9 Å². The first-order valence-corrected chi connectivity index (χ1v) is 17.1. The predicted molar refractivity (Wildman–Crippen MR) is 161 cm³/mol. The Hall–Kier alpha value is -3.17. The lowest BCUT2D eigenvalue weighted by atomic mass is 9.70. The van der Waals surface area contributed by atoms with Crippen LogP contribution in [0.15, 0.2) is 37.7 Å². The van der Waals surface area contributed by atoms with Gasteiger partial charge in [-0.25, -0.2) is 29.9 Å². The molecule has 6 heterocycles. The molecule has 0 aromatic carbocycles. The van der Waals surface area contributed by atoms with E-state index in [0.717, 1.165) is 0 Å². The molecule has 2 aliphatic rings.